The molecule has 0 amide bonds. The van der Waals surface area contributed by atoms with Gasteiger partial charge in [0.2, 0.25) is 0 Å². The third kappa shape index (κ3) is 3.29. The van der Waals surface area contributed by atoms with Gasteiger partial charge in [0.15, 0.2) is 0 Å². The van der Waals surface area contributed by atoms with Crippen molar-refractivity contribution in [1.29, 1.82) is 0 Å². The van der Waals surface area contributed by atoms with Gasteiger partial charge in [0.1, 0.15) is 0 Å². The van der Waals surface area contributed by atoms with Gasteiger partial charge in [0.05, 0.1) is 27.9 Å². The van der Waals surface area contributed by atoms with E-state index in [0.717, 1.165) is 25.2 Å². The van der Waals surface area contributed by atoms with Crippen LogP contribution in [0.4, 0.5) is 5.69 Å². The first-order valence-corrected chi connectivity index (χ1v) is 6.82. The molecule has 0 spiro atoms. The van der Waals surface area contributed by atoms with Crippen LogP contribution < -0.4 is 5.73 Å². The average molecular weight is 289 g/mol. The van der Waals surface area contributed by atoms with Crippen LogP contribution in [0.25, 0.3) is 0 Å². The highest BCUT2D eigenvalue weighted by molar-refractivity contribution is 6.38. The molecule has 2 atom stereocenters. The second-order valence-electron chi connectivity index (χ2n) is 4.92. The van der Waals surface area contributed by atoms with Gasteiger partial charge in [-0.2, -0.15) is 0 Å². The highest BCUT2D eigenvalue weighted by Gasteiger charge is 2.22. The Morgan fingerprint density at radius 2 is 1.72 bits per heavy atom. The number of morpholine rings is 1. The van der Waals surface area contributed by atoms with Gasteiger partial charge < -0.3 is 10.5 Å². The van der Waals surface area contributed by atoms with E-state index in [9.17, 15) is 0 Å². The zero-order chi connectivity index (χ0) is 13.3. The van der Waals surface area contributed by atoms with Crippen LogP contribution in [0.2, 0.25) is 10.0 Å². The van der Waals surface area contributed by atoms with Crippen LogP contribution >= 0.6 is 23.2 Å². The fourth-order valence-electron chi connectivity index (χ4n) is 2.40. The third-order valence-corrected chi connectivity index (χ3v) is 3.67. The monoisotopic (exact) mass is 288 g/mol. The Bertz CT molecular complexity index is 406. The standard InChI is InChI=1S/C13H18Cl2N2O/c1-8-5-17(6-9(2)18-8)7-10-3-11(14)13(16)12(15)4-10/h3-4,8-9H,5-7,16H2,1-2H3. The fourth-order valence-corrected chi connectivity index (χ4v) is 2.93. The summed E-state index contributed by atoms with van der Waals surface area (Å²) in [6.07, 6.45) is 0.516. The Kier molecular flexibility index (Phi) is 4.38. The van der Waals surface area contributed by atoms with Crippen LogP contribution in [0.1, 0.15) is 19.4 Å². The number of halogens is 2. The predicted molar refractivity (Wildman–Crippen MR) is 76.2 cm³/mol. The van der Waals surface area contributed by atoms with E-state index in [0.29, 0.717) is 15.7 Å². The molecule has 5 heteroatoms. The molecule has 1 saturated heterocycles. The average Bonchev–Trinajstić information content (AvgIpc) is 2.24. The Morgan fingerprint density at radius 3 is 2.22 bits per heavy atom. The molecule has 1 aliphatic heterocycles. The second kappa shape index (κ2) is 5.66. The highest BCUT2D eigenvalue weighted by atomic mass is 35.5. The molecule has 100 valence electrons. The molecule has 2 N–H and O–H groups in total. The summed E-state index contributed by atoms with van der Waals surface area (Å²) in [5.74, 6) is 0. The Hall–Kier alpha value is -0.480. The minimum atomic E-state index is 0.258. The van der Waals surface area contributed by atoms with Gasteiger partial charge in [0, 0.05) is 19.6 Å². The summed E-state index contributed by atoms with van der Waals surface area (Å²) in [6.45, 7) is 6.84. The largest absolute Gasteiger partial charge is 0.396 e. The van der Waals surface area contributed by atoms with E-state index in [1.165, 1.54) is 0 Å². The van der Waals surface area contributed by atoms with Crippen molar-refractivity contribution in [2.75, 3.05) is 18.8 Å². The molecule has 1 aromatic rings. The Balaban J connectivity index is 2.09. The Labute approximate surface area is 118 Å². The lowest BCUT2D eigenvalue weighted by Gasteiger charge is -2.35. The number of anilines is 1. The van der Waals surface area contributed by atoms with Crippen molar-refractivity contribution in [3.63, 3.8) is 0 Å². The van der Waals surface area contributed by atoms with Gasteiger partial charge in [-0.15, -0.1) is 0 Å². The second-order valence-corrected chi connectivity index (χ2v) is 5.74. The molecule has 3 nitrogen and oxygen atoms in total. The number of nitrogens with zero attached hydrogens (tertiary/aromatic N) is 1. The first-order chi connectivity index (χ1) is 8.45. The number of hydrogen-bond donors (Lipinski definition) is 1. The molecule has 0 aromatic heterocycles. The maximum atomic E-state index is 6.04. The summed E-state index contributed by atoms with van der Waals surface area (Å²) in [4.78, 5) is 2.34. The molecule has 1 aromatic carbocycles. The summed E-state index contributed by atoms with van der Waals surface area (Å²) in [5, 5.41) is 1.04. The van der Waals surface area contributed by atoms with Gasteiger partial charge >= 0.3 is 0 Å². The van der Waals surface area contributed by atoms with E-state index >= 15 is 0 Å². The van der Waals surface area contributed by atoms with Crippen molar-refractivity contribution in [2.45, 2.75) is 32.6 Å². The fraction of sp³-hybridized carbons (Fsp3) is 0.538. The number of ether oxygens (including phenoxy) is 1. The molecule has 1 heterocycles. The van der Waals surface area contributed by atoms with Crippen LogP contribution in [-0.2, 0) is 11.3 Å². The Morgan fingerprint density at radius 1 is 1.22 bits per heavy atom. The smallest absolute Gasteiger partial charge is 0.0693 e. The molecule has 2 rings (SSSR count). The van der Waals surface area contributed by atoms with E-state index in [2.05, 4.69) is 18.7 Å². The van der Waals surface area contributed by atoms with Crippen LogP contribution in [0, 0.1) is 0 Å². The molecule has 0 saturated carbocycles. The zero-order valence-corrected chi connectivity index (χ0v) is 12.1. The van der Waals surface area contributed by atoms with Crippen molar-refractivity contribution < 1.29 is 4.74 Å². The molecule has 18 heavy (non-hydrogen) atoms. The van der Waals surface area contributed by atoms with E-state index in [1.54, 1.807) is 0 Å². The van der Waals surface area contributed by atoms with Crippen molar-refractivity contribution in [3.05, 3.63) is 27.7 Å². The van der Waals surface area contributed by atoms with Gasteiger partial charge in [-0.1, -0.05) is 23.2 Å². The molecule has 1 fully saturated rings. The lowest BCUT2D eigenvalue weighted by atomic mass is 10.1. The van der Waals surface area contributed by atoms with E-state index in [1.807, 2.05) is 12.1 Å². The highest BCUT2D eigenvalue weighted by Crippen LogP contribution is 2.29. The minimum absolute atomic E-state index is 0.258. The van der Waals surface area contributed by atoms with Crippen LogP contribution in [-0.4, -0.2) is 30.2 Å². The van der Waals surface area contributed by atoms with E-state index in [4.69, 9.17) is 33.7 Å². The third-order valence-electron chi connectivity index (χ3n) is 3.04. The summed E-state index contributed by atoms with van der Waals surface area (Å²) >= 11 is 12.1. The normalized spacial score (nSPS) is 25.3. The minimum Gasteiger partial charge on any atom is -0.396 e. The SMILES string of the molecule is CC1CN(Cc2cc(Cl)c(N)c(Cl)c2)CC(C)O1. The maximum absolute atomic E-state index is 6.04. The lowest BCUT2D eigenvalue weighted by molar-refractivity contribution is -0.0704. The molecular formula is C13H18Cl2N2O. The number of rotatable bonds is 2. The summed E-state index contributed by atoms with van der Waals surface area (Å²) in [6, 6.07) is 3.77. The molecule has 1 aliphatic rings. The number of benzene rings is 1. The number of nitrogen functional groups attached to an aromatic ring is 1. The van der Waals surface area contributed by atoms with Crippen molar-refractivity contribution in [2.24, 2.45) is 0 Å². The molecular weight excluding hydrogens is 271 g/mol. The van der Waals surface area contributed by atoms with Crippen LogP contribution in [0.3, 0.4) is 0 Å². The summed E-state index contributed by atoms with van der Waals surface area (Å²) in [7, 11) is 0. The van der Waals surface area contributed by atoms with E-state index < -0.39 is 0 Å². The predicted octanol–water partition coefficient (Wildman–Crippen LogP) is 3.18. The molecule has 0 aliphatic carbocycles. The quantitative estimate of drug-likeness (QED) is 0.850. The molecule has 0 radical (unpaired) electrons. The molecule has 2 unspecified atom stereocenters. The number of hydrogen-bond acceptors (Lipinski definition) is 3. The van der Waals surface area contributed by atoms with E-state index in [-0.39, 0.29) is 12.2 Å². The van der Waals surface area contributed by atoms with Crippen molar-refractivity contribution in [1.82, 2.24) is 4.90 Å². The zero-order valence-electron chi connectivity index (χ0n) is 10.6. The summed E-state index contributed by atoms with van der Waals surface area (Å²) < 4.78 is 5.71. The number of nitrogens with two attached hydrogens (primary N) is 1. The van der Waals surface area contributed by atoms with Gasteiger partial charge in [-0.3, -0.25) is 4.90 Å². The first kappa shape index (κ1) is 13.9. The van der Waals surface area contributed by atoms with Gasteiger partial charge in [-0.05, 0) is 31.5 Å². The van der Waals surface area contributed by atoms with Gasteiger partial charge in [0.25, 0.3) is 0 Å². The lowest BCUT2D eigenvalue weighted by Crippen LogP contribution is -2.44. The maximum Gasteiger partial charge on any atom is 0.0693 e. The summed E-state index contributed by atoms with van der Waals surface area (Å²) in [5.41, 5.74) is 7.26. The van der Waals surface area contributed by atoms with Crippen LogP contribution in [0.5, 0.6) is 0 Å². The van der Waals surface area contributed by atoms with Gasteiger partial charge in [-0.25, -0.2) is 0 Å². The van der Waals surface area contributed by atoms with Crippen LogP contribution in [0.15, 0.2) is 12.1 Å². The first-order valence-electron chi connectivity index (χ1n) is 6.07. The van der Waals surface area contributed by atoms with Crippen molar-refractivity contribution in [3.8, 4) is 0 Å². The topological polar surface area (TPSA) is 38.5 Å². The van der Waals surface area contributed by atoms with Crippen molar-refractivity contribution >= 4 is 28.9 Å². The molecule has 0 bridgehead atoms.